The zero-order valence-electron chi connectivity index (χ0n) is 23.5. The molecule has 41 heavy (non-hydrogen) atoms. The van der Waals surface area contributed by atoms with Gasteiger partial charge in [0.15, 0.2) is 11.6 Å². The number of benzene rings is 3. The lowest BCUT2D eigenvalue weighted by Crippen LogP contribution is -2.47. The zero-order valence-corrected chi connectivity index (χ0v) is 23.5. The summed E-state index contributed by atoms with van der Waals surface area (Å²) in [6, 6.07) is 23.6. The van der Waals surface area contributed by atoms with Crippen molar-refractivity contribution in [3.05, 3.63) is 107 Å². The summed E-state index contributed by atoms with van der Waals surface area (Å²) in [5.74, 6) is 0.377. The number of aromatic nitrogens is 1. The molecule has 1 saturated carbocycles. The Morgan fingerprint density at radius 2 is 1.56 bits per heavy atom. The maximum Gasteiger partial charge on any atom is 0.277 e. The molecule has 8 heteroatoms. The van der Waals surface area contributed by atoms with Crippen molar-refractivity contribution in [3.63, 3.8) is 0 Å². The first-order valence-electron chi connectivity index (χ1n) is 14.3. The molecule has 0 spiro atoms. The minimum absolute atomic E-state index is 0.160. The SMILES string of the molecule is Cc1ccccc1N1CCN(c2ccc(C(=O)NC(C)c3ccccc3)cc2NC(=O)c2coc(C3CC3)n2)CC1. The fraction of sp³-hybridized carbons (Fsp3) is 0.303. The fourth-order valence-electron chi connectivity index (χ4n) is 5.36. The van der Waals surface area contributed by atoms with Gasteiger partial charge in [-0.25, -0.2) is 4.98 Å². The molecule has 0 radical (unpaired) electrons. The summed E-state index contributed by atoms with van der Waals surface area (Å²) in [5.41, 5.74) is 5.70. The van der Waals surface area contributed by atoms with Crippen molar-refractivity contribution in [3.8, 4) is 0 Å². The first-order valence-corrected chi connectivity index (χ1v) is 14.3. The molecule has 1 aliphatic heterocycles. The molecule has 2 heterocycles. The smallest absolute Gasteiger partial charge is 0.277 e. The van der Waals surface area contributed by atoms with E-state index in [1.54, 1.807) is 6.07 Å². The van der Waals surface area contributed by atoms with Gasteiger partial charge in [-0.05, 0) is 62.1 Å². The molecule has 210 valence electrons. The molecule has 1 unspecified atom stereocenters. The summed E-state index contributed by atoms with van der Waals surface area (Å²) >= 11 is 0. The molecule has 1 aromatic heterocycles. The van der Waals surface area contributed by atoms with Crippen LogP contribution in [0.2, 0.25) is 0 Å². The number of carbonyl (C=O) groups excluding carboxylic acids is 2. The molecule has 1 aliphatic carbocycles. The monoisotopic (exact) mass is 549 g/mol. The van der Waals surface area contributed by atoms with Gasteiger partial charge in [-0.1, -0.05) is 48.5 Å². The van der Waals surface area contributed by atoms with Crippen molar-refractivity contribution in [2.45, 2.75) is 38.6 Å². The molecule has 4 aromatic rings. The van der Waals surface area contributed by atoms with E-state index in [1.807, 2.05) is 49.4 Å². The van der Waals surface area contributed by atoms with E-state index in [9.17, 15) is 9.59 Å². The highest BCUT2D eigenvalue weighted by Gasteiger charge is 2.30. The third-order valence-corrected chi connectivity index (χ3v) is 7.91. The summed E-state index contributed by atoms with van der Waals surface area (Å²) in [4.78, 5) is 35.6. The largest absolute Gasteiger partial charge is 0.448 e. The predicted octanol–water partition coefficient (Wildman–Crippen LogP) is 5.93. The highest BCUT2D eigenvalue weighted by molar-refractivity contribution is 6.06. The summed E-state index contributed by atoms with van der Waals surface area (Å²) in [6.45, 7) is 7.36. The molecule has 3 aromatic carbocycles. The highest BCUT2D eigenvalue weighted by atomic mass is 16.3. The van der Waals surface area contributed by atoms with Gasteiger partial charge in [-0.3, -0.25) is 9.59 Å². The predicted molar refractivity (Wildman–Crippen MR) is 161 cm³/mol. The molecule has 2 amide bonds. The van der Waals surface area contributed by atoms with Gasteiger partial charge in [0.1, 0.15) is 6.26 Å². The van der Waals surface area contributed by atoms with Crippen LogP contribution in [0.4, 0.5) is 17.1 Å². The normalized spacial score (nSPS) is 15.9. The van der Waals surface area contributed by atoms with Crippen LogP contribution in [0, 0.1) is 6.92 Å². The van der Waals surface area contributed by atoms with Gasteiger partial charge in [0.2, 0.25) is 0 Å². The van der Waals surface area contributed by atoms with Crippen LogP contribution in [0.5, 0.6) is 0 Å². The quantitative estimate of drug-likeness (QED) is 0.283. The average molecular weight is 550 g/mol. The van der Waals surface area contributed by atoms with Crippen molar-refractivity contribution in [2.24, 2.45) is 0 Å². The Kier molecular flexibility index (Phi) is 7.46. The number of piperazine rings is 1. The highest BCUT2D eigenvalue weighted by Crippen LogP contribution is 2.39. The molecule has 6 rings (SSSR count). The third kappa shape index (κ3) is 5.96. The van der Waals surface area contributed by atoms with Crippen LogP contribution >= 0.6 is 0 Å². The second-order valence-electron chi connectivity index (χ2n) is 10.9. The Bertz CT molecular complexity index is 1540. The van der Waals surface area contributed by atoms with E-state index in [0.29, 0.717) is 23.1 Å². The number of nitrogens with one attached hydrogen (secondary N) is 2. The van der Waals surface area contributed by atoms with Crippen LogP contribution < -0.4 is 20.4 Å². The van der Waals surface area contributed by atoms with Gasteiger partial charge >= 0.3 is 0 Å². The maximum absolute atomic E-state index is 13.3. The molecule has 8 nitrogen and oxygen atoms in total. The van der Waals surface area contributed by atoms with Gasteiger partial charge in [0.05, 0.1) is 17.4 Å². The topological polar surface area (TPSA) is 90.7 Å². The van der Waals surface area contributed by atoms with E-state index in [1.165, 1.54) is 17.5 Å². The van der Waals surface area contributed by atoms with Crippen LogP contribution in [-0.2, 0) is 0 Å². The first kappa shape index (κ1) is 26.6. The lowest BCUT2D eigenvalue weighted by Gasteiger charge is -2.38. The number of rotatable bonds is 8. The summed E-state index contributed by atoms with van der Waals surface area (Å²) in [5, 5.41) is 6.11. The summed E-state index contributed by atoms with van der Waals surface area (Å²) in [6.07, 6.45) is 3.50. The Balaban J connectivity index is 1.23. The first-order chi connectivity index (χ1) is 20.0. The van der Waals surface area contributed by atoms with Gasteiger partial charge in [0.25, 0.3) is 11.8 Å². The molecule has 2 N–H and O–H groups in total. The number of aryl methyl sites for hydroxylation is 1. The minimum atomic E-state index is -0.351. The number of carbonyl (C=O) groups is 2. The molecule has 0 bridgehead atoms. The Hall–Kier alpha value is -4.59. The Morgan fingerprint density at radius 1 is 0.878 bits per heavy atom. The standard InChI is InChI=1S/C33H35N5O3/c1-22-8-6-7-11-29(22)37-16-18-38(19-17-37)30-15-14-26(31(39)34-23(2)24-9-4-3-5-10-24)20-27(30)35-32(40)28-21-41-33(36-28)25-12-13-25/h3-11,14-15,20-21,23,25H,12-13,16-19H2,1-2H3,(H,34,39)(H,35,40). The van der Waals surface area contributed by atoms with Gasteiger partial charge < -0.3 is 24.9 Å². The number of amides is 2. The van der Waals surface area contributed by atoms with Crippen LogP contribution in [0.3, 0.4) is 0 Å². The number of oxazole rings is 1. The third-order valence-electron chi connectivity index (χ3n) is 7.91. The fourth-order valence-corrected chi connectivity index (χ4v) is 5.36. The average Bonchev–Trinajstić information content (AvgIpc) is 3.73. The second-order valence-corrected chi connectivity index (χ2v) is 10.9. The Labute approximate surface area is 240 Å². The number of para-hydroxylation sites is 1. The van der Waals surface area contributed by atoms with Gasteiger partial charge in [-0.2, -0.15) is 0 Å². The van der Waals surface area contributed by atoms with E-state index in [-0.39, 0.29) is 23.6 Å². The Morgan fingerprint density at radius 3 is 2.27 bits per heavy atom. The number of nitrogens with zero attached hydrogens (tertiary/aromatic N) is 3. The number of hydrogen-bond donors (Lipinski definition) is 2. The van der Waals surface area contributed by atoms with E-state index in [0.717, 1.165) is 50.3 Å². The van der Waals surface area contributed by atoms with Crippen molar-refractivity contribution in [1.29, 1.82) is 0 Å². The van der Waals surface area contributed by atoms with Gasteiger partial charge in [-0.15, -0.1) is 0 Å². The van der Waals surface area contributed by atoms with E-state index in [4.69, 9.17) is 4.42 Å². The molecular weight excluding hydrogens is 514 g/mol. The molecule has 2 aliphatic rings. The van der Waals surface area contributed by atoms with Crippen molar-refractivity contribution in [1.82, 2.24) is 10.3 Å². The maximum atomic E-state index is 13.3. The van der Waals surface area contributed by atoms with Crippen LogP contribution in [-0.4, -0.2) is 43.0 Å². The van der Waals surface area contributed by atoms with Gasteiger partial charge in [0, 0.05) is 43.3 Å². The van der Waals surface area contributed by atoms with Crippen LogP contribution in [0.15, 0.2) is 83.5 Å². The van der Waals surface area contributed by atoms with Crippen molar-refractivity contribution >= 4 is 28.9 Å². The van der Waals surface area contributed by atoms with E-state index < -0.39 is 0 Å². The van der Waals surface area contributed by atoms with Crippen molar-refractivity contribution < 1.29 is 14.0 Å². The molecule has 1 atom stereocenters. The molecule has 2 fully saturated rings. The zero-order chi connectivity index (χ0) is 28.3. The lowest BCUT2D eigenvalue weighted by atomic mass is 10.1. The summed E-state index contributed by atoms with van der Waals surface area (Å²) < 4.78 is 5.55. The van der Waals surface area contributed by atoms with E-state index in [2.05, 4.69) is 56.6 Å². The molecule has 1 saturated heterocycles. The summed E-state index contributed by atoms with van der Waals surface area (Å²) in [7, 11) is 0. The molecular formula is C33H35N5O3. The number of anilines is 3. The number of hydrogen-bond acceptors (Lipinski definition) is 6. The van der Waals surface area contributed by atoms with Crippen LogP contribution in [0.1, 0.15) is 69.6 Å². The van der Waals surface area contributed by atoms with Crippen molar-refractivity contribution in [2.75, 3.05) is 41.3 Å². The lowest BCUT2D eigenvalue weighted by molar-refractivity contribution is 0.0938. The van der Waals surface area contributed by atoms with E-state index >= 15 is 0 Å². The minimum Gasteiger partial charge on any atom is -0.448 e. The second kappa shape index (κ2) is 11.5. The van der Waals surface area contributed by atoms with Crippen LogP contribution in [0.25, 0.3) is 0 Å².